The number of para-hydroxylation sites is 1. The van der Waals surface area contributed by atoms with Crippen LogP contribution in [0.1, 0.15) is 24.2 Å². The van der Waals surface area contributed by atoms with Gasteiger partial charge in [0.15, 0.2) is 0 Å². The summed E-state index contributed by atoms with van der Waals surface area (Å²) in [6, 6.07) is 5.05. The molecule has 0 N–H and O–H groups in total. The molecule has 0 aromatic heterocycles. The maximum absolute atomic E-state index is 12.1. The lowest BCUT2D eigenvalue weighted by Gasteiger charge is -2.23. The lowest BCUT2D eigenvalue weighted by atomic mass is 10.1. The van der Waals surface area contributed by atoms with E-state index in [1.54, 1.807) is 23.1 Å². The molecule has 2 rings (SSSR count). The Bertz CT molecular complexity index is 582. The first-order valence-corrected chi connectivity index (χ1v) is 7.23. The standard InChI is InChI=1S/C14H15BrN2O3/c1-3-16(4-2)11(18)8-17-12-9(13(19)14(17)20)6-5-7-10(12)15/h5-7H,3-4,8H2,1-2H3. The largest absolute Gasteiger partial charge is 0.342 e. The second-order valence-electron chi connectivity index (χ2n) is 4.42. The molecule has 0 bridgehead atoms. The van der Waals surface area contributed by atoms with Crippen LogP contribution in [0.4, 0.5) is 5.69 Å². The van der Waals surface area contributed by atoms with E-state index in [1.807, 2.05) is 13.8 Å². The number of hydrogen-bond donors (Lipinski definition) is 0. The number of carbonyl (C=O) groups is 3. The highest BCUT2D eigenvalue weighted by atomic mass is 79.9. The third-order valence-electron chi connectivity index (χ3n) is 3.35. The number of amides is 2. The normalized spacial score (nSPS) is 13.7. The van der Waals surface area contributed by atoms with Gasteiger partial charge in [-0.2, -0.15) is 0 Å². The molecule has 1 aliphatic heterocycles. The summed E-state index contributed by atoms with van der Waals surface area (Å²) in [4.78, 5) is 39.0. The first kappa shape index (κ1) is 14.7. The van der Waals surface area contributed by atoms with E-state index < -0.39 is 11.7 Å². The summed E-state index contributed by atoms with van der Waals surface area (Å²) in [7, 11) is 0. The fourth-order valence-electron chi connectivity index (χ4n) is 2.27. The van der Waals surface area contributed by atoms with Crippen LogP contribution < -0.4 is 4.90 Å². The van der Waals surface area contributed by atoms with Crippen molar-refractivity contribution in [1.82, 2.24) is 4.90 Å². The Morgan fingerprint density at radius 1 is 1.25 bits per heavy atom. The molecule has 0 spiro atoms. The third-order valence-corrected chi connectivity index (χ3v) is 3.99. The minimum atomic E-state index is -0.646. The van der Waals surface area contributed by atoms with Crippen LogP contribution in [0.2, 0.25) is 0 Å². The predicted octanol–water partition coefficient (Wildman–Crippen LogP) is 1.85. The van der Waals surface area contributed by atoms with Crippen molar-refractivity contribution in [3.8, 4) is 0 Å². The van der Waals surface area contributed by atoms with Crippen LogP contribution >= 0.6 is 15.9 Å². The molecule has 1 aromatic carbocycles. The Kier molecular flexibility index (Phi) is 4.23. The average molecular weight is 339 g/mol. The summed E-state index contributed by atoms with van der Waals surface area (Å²) >= 11 is 3.33. The number of ketones is 1. The van der Waals surface area contributed by atoms with Crippen LogP contribution in [0.25, 0.3) is 0 Å². The third kappa shape index (κ3) is 2.35. The smallest absolute Gasteiger partial charge is 0.299 e. The minimum absolute atomic E-state index is 0.109. The number of rotatable bonds is 4. The van der Waals surface area contributed by atoms with Gasteiger partial charge in [0.1, 0.15) is 6.54 Å². The van der Waals surface area contributed by atoms with Gasteiger partial charge in [0.2, 0.25) is 5.91 Å². The zero-order chi connectivity index (χ0) is 14.9. The van der Waals surface area contributed by atoms with Crippen molar-refractivity contribution in [2.75, 3.05) is 24.5 Å². The molecule has 1 aromatic rings. The number of hydrogen-bond acceptors (Lipinski definition) is 3. The summed E-state index contributed by atoms with van der Waals surface area (Å²) in [5.41, 5.74) is 0.833. The maximum atomic E-state index is 12.1. The molecule has 20 heavy (non-hydrogen) atoms. The van der Waals surface area contributed by atoms with Crippen molar-refractivity contribution >= 4 is 39.2 Å². The van der Waals surface area contributed by atoms with Crippen LogP contribution in [0, 0.1) is 0 Å². The molecule has 1 heterocycles. The van der Waals surface area contributed by atoms with Crippen LogP contribution in [0.3, 0.4) is 0 Å². The van der Waals surface area contributed by atoms with Gasteiger partial charge < -0.3 is 4.90 Å². The fourth-order valence-corrected chi connectivity index (χ4v) is 2.85. The molecule has 106 valence electrons. The van der Waals surface area contributed by atoms with Crippen molar-refractivity contribution in [3.63, 3.8) is 0 Å². The first-order chi connectivity index (χ1) is 9.51. The minimum Gasteiger partial charge on any atom is -0.342 e. The summed E-state index contributed by atoms with van der Waals surface area (Å²) in [6.45, 7) is 4.80. The van der Waals surface area contributed by atoms with Gasteiger partial charge in [0.05, 0.1) is 11.3 Å². The van der Waals surface area contributed by atoms with Crippen LogP contribution in [-0.4, -0.2) is 42.1 Å². The summed E-state index contributed by atoms with van der Waals surface area (Å²) in [5, 5.41) is 0. The number of likely N-dealkylation sites (N-methyl/N-ethyl adjacent to an activating group) is 1. The topological polar surface area (TPSA) is 57.7 Å². The van der Waals surface area contributed by atoms with E-state index in [2.05, 4.69) is 15.9 Å². The highest BCUT2D eigenvalue weighted by Gasteiger charge is 2.38. The first-order valence-electron chi connectivity index (χ1n) is 6.43. The number of fused-ring (bicyclic) bond motifs is 1. The molecule has 0 unspecified atom stereocenters. The predicted molar refractivity (Wildman–Crippen MR) is 78.8 cm³/mol. The fraction of sp³-hybridized carbons (Fsp3) is 0.357. The molecule has 0 radical (unpaired) electrons. The van der Waals surface area contributed by atoms with Gasteiger partial charge in [-0.25, -0.2) is 0 Å². The number of carbonyl (C=O) groups excluding carboxylic acids is 3. The maximum Gasteiger partial charge on any atom is 0.299 e. The molecule has 0 saturated carbocycles. The highest BCUT2D eigenvalue weighted by Crippen LogP contribution is 2.35. The van der Waals surface area contributed by atoms with E-state index in [1.165, 1.54) is 4.90 Å². The molecule has 2 amide bonds. The number of anilines is 1. The number of benzene rings is 1. The zero-order valence-electron chi connectivity index (χ0n) is 11.4. The second kappa shape index (κ2) is 5.75. The van der Waals surface area contributed by atoms with E-state index >= 15 is 0 Å². The van der Waals surface area contributed by atoms with Crippen molar-refractivity contribution in [2.45, 2.75) is 13.8 Å². The zero-order valence-corrected chi connectivity index (χ0v) is 12.9. The van der Waals surface area contributed by atoms with Crippen LogP contribution in [0.15, 0.2) is 22.7 Å². The quantitative estimate of drug-likeness (QED) is 0.787. The van der Waals surface area contributed by atoms with Gasteiger partial charge in [-0.15, -0.1) is 0 Å². The summed E-state index contributed by atoms with van der Waals surface area (Å²) in [6.07, 6.45) is 0. The molecule has 6 heteroatoms. The van der Waals surface area contributed by atoms with E-state index in [9.17, 15) is 14.4 Å². The summed E-state index contributed by atoms with van der Waals surface area (Å²) < 4.78 is 0.640. The SMILES string of the molecule is CCN(CC)C(=O)CN1C(=O)C(=O)c2cccc(Br)c21. The monoisotopic (exact) mass is 338 g/mol. The lowest BCUT2D eigenvalue weighted by Crippen LogP contribution is -2.42. The van der Waals surface area contributed by atoms with Crippen LogP contribution in [0.5, 0.6) is 0 Å². The molecule has 0 saturated heterocycles. The van der Waals surface area contributed by atoms with Gasteiger partial charge in [0, 0.05) is 17.6 Å². The molecular formula is C14H15BrN2O3. The van der Waals surface area contributed by atoms with Gasteiger partial charge in [0.25, 0.3) is 11.7 Å². The molecule has 0 fully saturated rings. The molecule has 5 nitrogen and oxygen atoms in total. The number of nitrogens with zero attached hydrogens (tertiary/aromatic N) is 2. The van der Waals surface area contributed by atoms with E-state index in [4.69, 9.17) is 0 Å². The molecule has 1 aliphatic rings. The Hall–Kier alpha value is -1.69. The Balaban J connectivity index is 2.33. The molecular weight excluding hydrogens is 324 g/mol. The van der Waals surface area contributed by atoms with Crippen molar-refractivity contribution in [2.24, 2.45) is 0 Å². The average Bonchev–Trinajstić information content (AvgIpc) is 2.67. The van der Waals surface area contributed by atoms with Crippen molar-refractivity contribution in [3.05, 3.63) is 28.2 Å². The van der Waals surface area contributed by atoms with Gasteiger partial charge in [-0.3, -0.25) is 19.3 Å². The van der Waals surface area contributed by atoms with Gasteiger partial charge in [-0.1, -0.05) is 6.07 Å². The van der Waals surface area contributed by atoms with Crippen molar-refractivity contribution in [1.29, 1.82) is 0 Å². The Morgan fingerprint density at radius 2 is 1.90 bits per heavy atom. The Morgan fingerprint density at radius 3 is 2.50 bits per heavy atom. The van der Waals surface area contributed by atoms with Crippen LogP contribution in [-0.2, 0) is 9.59 Å². The highest BCUT2D eigenvalue weighted by molar-refractivity contribution is 9.10. The van der Waals surface area contributed by atoms with Crippen molar-refractivity contribution < 1.29 is 14.4 Å². The molecule has 0 atom stereocenters. The lowest BCUT2D eigenvalue weighted by molar-refractivity contribution is -0.130. The van der Waals surface area contributed by atoms with E-state index in [0.717, 1.165) is 0 Å². The Labute approximate surface area is 125 Å². The molecule has 0 aliphatic carbocycles. The van der Waals surface area contributed by atoms with E-state index in [0.29, 0.717) is 28.8 Å². The number of Topliss-reactive ketones (excluding diaryl/α,β-unsaturated/α-hetero) is 1. The second-order valence-corrected chi connectivity index (χ2v) is 5.28. The van der Waals surface area contributed by atoms with Gasteiger partial charge in [-0.05, 0) is 41.9 Å². The summed E-state index contributed by atoms with van der Waals surface area (Å²) in [5.74, 6) is -1.37. The van der Waals surface area contributed by atoms with Gasteiger partial charge >= 0.3 is 0 Å². The number of halogens is 1. The van der Waals surface area contributed by atoms with E-state index in [-0.39, 0.29) is 12.5 Å².